The minimum absolute atomic E-state index is 0.0507. The molecule has 1 aliphatic rings. The van der Waals surface area contributed by atoms with Crippen LogP contribution in [0.25, 0.3) is 11.0 Å². The van der Waals surface area contributed by atoms with Crippen molar-refractivity contribution < 1.29 is 22.4 Å². The van der Waals surface area contributed by atoms with Gasteiger partial charge in [0.15, 0.2) is 0 Å². The van der Waals surface area contributed by atoms with Crippen molar-refractivity contribution in [2.75, 3.05) is 33.1 Å². The van der Waals surface area contributed by atoms with Crippen LogP contribution in [0.5, 0.6) is 0 Å². The molecule has 1 amide bonds. The normalized spacial score (nSPS) is 21.1. The predicted octanol–water partition coefficient (Wildman–Crippen LogP) is 1.38. The molecule has 0 unspecified atom stereocenters. The van der Waals surface area contributed by atoms with Crippen LogP contribution in [0.2, 0.25) is 0 Å². The summed E-state index contributed by atoms with van der Waals surface area (Å²) in [5, 5.41) is 3.76. The van der Waals surface area contributed by atoms with Crippen LogP contribution in [0.4, 0.5) is 0 Å². The lowest BCUT2D eigenvalue weighted by Crippen LogP contribution is -2.43. The largest absolute Gasteiger partial charge is 0.461 e. The van der Waals surface area contributed by atoms with E-state index in [4.69, 9.17) is 9.15 Å². The molecular formula is C17H22N2O5S. The third-order valence-electron chi connectivity index (χ3n) is 4.40. The molecule has 0 radical (unpaired) electrons. The smallest absolute Gasteiger partial charge is 0.251 e. The molecule has 3 rings (SSSR count). The molecule has 2 aromatic rings. The van der Waals surface area contributed by atoms with Gasteiger partial charge in [-0.15, -0.1) is 0 Å². The number of aryl methyl sites for hydroxylation is 1. The fourth-order valence-corrected chi connectivity index (χ4v) is 4.08. The molecule has 2 heterocycles. The maximum Gasteiger partial charge on any atom is 0.251 e. The number of amides is 1. The minimum atomic E-state index is -3.35. The first kappa shape index (κ1) is 17.9. The van der Waals surface area contributed by atoms with Crippen molar-refractivity contribution >= 4 is 26.9 Å². The molecule has 1 aromatic heterocycles. The van der Waals surface area contributed by atoms with E-state index in [1.165, 1.54) is 18.4 Å². The van der Waals surface area contributed by atoms with Gasteiger partial charge in [0.25, 0.3) is 5.91 Å². The summed E-state index contributed by atoms with van der Waals surface area (Å²) >= 11 is 0. The summed E-state index contributed by atoms with van der Waals surface area (Å²) in [5.74, 6) is 0.218. The summed E-state index contributed by atoms with van der Waals surface area (Å²) in [6, 6.07) is 6.77. The first-order valence-corrected chi connectivity index (χ1v) is 9.66. The Bertz CT molecular complexity index is 888. The molecule has 1 aliphatic heterocycles. The zero-order chi connectivity index (χ0) is 18.2. The second-order valence-corrected chi connectivity index (χ2v) is 8.78. The van der Waals surface area contributed by atoms with E-state index in [9.17, 15) is 13.2 Å². The number of carbonyl (C=O) groups excluding carboxylic acids is 1. The Balaban J connectivity index is 1.72. The van der Waals surface area contributed by atoms with Gasteiger partial charge in [-0.2, -0.15) is 0 Å². The van der Waals surface area contributed by atoms with Gasteiger partial charge in [-0.3, -0.25) is 4.79 Å². The van der Waals surface area contributed by atoms with Crippen LogP contribution in [-0.2, 0) is 14.8 Å². The van der Waals surface area contributed by atoms with E-state index in [0.717, 1.165) is 16.7 Å². The molecule has 0 bridgehead atoms. The van der Waals surface area contributed by atoms with E-state index in [-0.39, 0.29) is 23.6 Å². The van der Waals surface area contributed by atoms with Crippen molar-refractivity contribution in [3.63, 3.8) is 0 Å². The highest BCUT2D eigenvalue weighted by Gasteiger charge is 2.34. The average molecular weight is 366 g/mol. The molecule has 7 nitrogen and oxygen atoms in total. The third-order valence-corrected chi connectivity index (χ3v) is 6.36. The van der Waals surface area contributed by atoms with Crippen LogP contribution in [0.15, 0.2) is 28.7 Å². The third kappa shape index (κ3) is 3.86. The maximum absolute atomic E-state index is 12.5. The fraction of sp³-hybridized carbons (Fsp3) is 0.471. The molecule has 2 atom stereocenters. The maximum atomic E-state index is 12.5. The molecule has 0 aliphatic carbocycles. The molecule has 1 saturated heterocycles. The van der Waals surface area contributed by atoms with Gasteiger partial charge < -0.3 is 14.5 Å². The fourth-order valence-electron chi connectivity index (χ4n) is 2.91. The Kier molecular flexibility index (Phi) is 4.86. The van der Waals surface area contributed by atoms with Gasteiger partial charge in [0, 0.05) is 31.0 Å². The van der Waals surface area contributed by atoms with Crippen molar-refractivity contribution in [2.24, 2.45) is 5.92 Å². The van der Waals surface area contributed by atoms with E-state index in [1.54, 1.807) is 18.2 Å². The SMILES string of the molecule is Cc1cc2cc(C(=O)N[C@H]3COC[C@H]3CS(=O)(=O)N(C)C)ccc2o1. The number of nitrogens with one attached hydrogen (secondary N) is 1. The topological polar surface area (TPSA) is 88.8 Å². The highest BCUT2D eigenvalue weighted by atomic mass is 32.2. The number of hydrogen-bond donors (Lipinski definition) is 1. The molecule has 136 valence electrons. The van der Waals surface area contributed by atoms with E-state index < -0.39 is 10.0 Å². The van der Waals surface area contributed by atoms with Gasteiger partial charge in [-0.1, -0.05) is 0 Å². The zero-order valence-electron chi connectivity index (χ0n) is 14.5. The zero-order valence-corrected chi connectivity index (χ0v) is 15.3. The number of hydrogen-bond acceptors (Lipinski definition) is 5. The number of carbonyl (C=O) groups is 1. The van der Waals surface area contributed by atoms with Crippen LogP contribution in [0.1, 0.15) is 16.1 Å². The van der Waals surface area contributed by atoms with Gasteiger partial charge >= 0.3 is 0 Å². The number of fused-ring (bicyclic) bond motifs is 1. The van der Waals surface area contributed by atoms with Crippen molar-refractivity contribution in [3.8, 4) is 0 Å². The molecule has 25 heavy (non-hydrogen) atoms. The monoisotopic (exact) mass is 366 g/mol. The Hall–Kier alpha value is -1.90. The van der Waals surface area contributed by atoms with Crippen LogP contribution >= 0.6 is 0 Å². The summed E-state index contributed by atoms with van der Waals surface area (Å²) in [5.41, 5.74) is 1.24. The molecule has 0 saturated carbocycles. The predicted molar refractivity (Wildman–Crippen MR) is 94.0 cm³/mol. The van der Waals surface area contributed by atoms with Crippen molar-refractivity contribution in [3.05, 3.63) is 35.6 Å². The van der Waals surface area contributed by atoms with Gasteiger partial charge in [0.2, 0.25) is 10.0 Å². The minimum Gasteiger partial charge on any atom is -0.461 e. The number of rotatable bonds is 5. The second kappa shape index (κ2) is 6.78. The summed E-state index contributed by atoms with van der Waals surface area (Å²) < 4.78 is 36.3. The van der Waals surface area contributed by atoms with E-state index in [1.807, 2.05) is 13.0 Å². The van der Waals surface area contributed by atoms with Crippen LogP contribution in [0.3, 0.4) is 0 Å². The van der Waals surface area contributed by atoms with Gasteiger partial charge in [-0.05, 0) is 31.2 Å². The second-order valence-electron chi connectivity index (χ2n) is 6.55. The first-order valence-electron chi connectivity index (χ1n) is 8.05. The summed E-state index contributed by atoms with van der Waals surface area (Å²) in [4.78, 5) is 12.5. The van der Waals surface area contributed by atoms with Crippen molar-refractivity contribution in [1.82, 2.24) is 9.62 Å². The van der Waals surface area contributed by atoms with E-state index in [0.29, 0.717) is 18.8 Å². The quantitative estimate of drug-likeness (QED) is 0.863. The highest BCUT2D eigenvalue weighted by Crippen LogP contribution is 2.21. The summed E-state index contributed by atoms with van der Waals surface area (Å²) in [7, 11) is -0.350. The Morgan fingerprint density at radius 1 is 1.28 bits per heavy atom. The number of ether oxygens (including phenoxy) is 1. The molecular weight excluding hydrogens is 344 g/mol. The van der Waals surface area contributed by atoms with Gasteiger partial charge in [-0.25, -0.2) is 12.7 Å². The Morgan fingerprint density at radius 2 is 2.04 bits per heavy atom. The number of sulfonamides is 1. The Morgan fingerprint density at radius 3 is 2.76 bits per heavy atom. The lowest BCUT2D eigenvalue weighted by atomic mass is 10.1. The molecule has 1 fully saturated rings. The lowest BCUT2D eigenvalue weighted by molar-refractivity contribution is 0.0926. The van der Waals surface area contributed by atoms with E-state index >= 15 is 0 Å². The van der Waals surface area contributed by atoms with Gasteiger partial charge in [0.1, 0.15) is 11.3 Å². The average Bonchev–Trinajstić information content (AvgIpc) is 3.11. The first-order chi connectivity index (χ1) is 11.8. The molecule has 1 N–H and O–H groups in total. The molecule has 1 aromatic carbocycles. The lowest BCUT2D eigenvalue weighted by Gasteiger charge is -2.21. The standard InChI is InChI=1S/C17H22N2O5S/c1-11-6-13-7-12(4-5-16(13)24-11)17(20)18-15-9-23-8-14(15)10-25(21,22)19(2)3/h4-7,14-15H,8-10H2,1-3H3,(H,18,20)/t14-,15-/m0/s1. The van der Waals surface area contributed by atoms with Gasteiger partial charge in [0.05, 0.1) is 25.0 Å². The number of furan rings is 1. The van der Waals surface area contributed by atoms with Crippen LogP contribution in [-0.4, -0.2) is 57.7 Å². The van der Waals surface area contributed by atoms with Crippen molar-refractivity contribution in [2.45, 2.75) is 13.0 Å². The highest BCUT2D eigenvalue weighted by molar-refractivity contribution is 7.89. The number of nitrogens with zero attached hydrogens (tertiary/aromatic N) is 1. The van der Waals surface area contributed by atoms with Crippen molar-refractivity contribution in [1.29, 1.82) is 0 Å². The molecule has 8 heteroatoms. The number of benzene rings is 1. The summed E-state index contributed by atoms with van der Waals surface area (Å²) in [6.45, 7) is 2.48. The molecule has 0 spiro atoms. The van der Waals surface area contributed by atoms with Crippen LogP contribution in [0, 0.1) is 12.8 Å². The van der Waals surface area contributed by atoms with E-state index in [2.05, 4.69) is 5.32 Å². The summed E-state index contributed by atoms with van der Waals surface area (Å²) in [6.07, 6.45) is 0. The Labute approximate surface area is 147 Å². The van der Waals surface area contributed by atoms with Crippen LogP contribution < -0.4 is 5.32 Å².